The maximum atomic E-state index is 5.07. The summed E-state index contributed by atoms with van der Waals surface area (Å²) in [5.41, 5.74) is 5.48. The minimum Gasteiger partial charge on any atom is -0.264 e. The van der Waals surface area contributed by atoms with Crippen LogP contribution in [0.5, 0.6) is 0 Å². The molecule has 5 nitrogen and oxygen atoms in total. The normalized spacial score (nSPS) is 11.2. The number of hydrogen-bond donors (Lipinski definition) is 0. The summed E-state index contributed by atoms with van der Waals surface area (Å²) in [6.45, 7) is 0. The van der Waals surface area contributed by atoms with Crippen molar-refractivity contribution >= 4 is 37.6 Å². The molecule has 0 saturated heterocycles. The van der Waals surface area contributed by atoms with E-state index in [2.05, 4.69) is 39.1 Å². The molecule has 39 heavy (non-hydrogen) atoms. The first-order chi connectivity index (χ1) is 19.2. The molecule has 184 valence electrons. The molecule has 0 aliphatic carbocycles. The SMILES string of the molecule is Brc1cc(-c2nc(-c3ccccc3)nc(-c3ccccc3)n2)cc(-c2nc3ccccc3c3ccncc23)c1. The number of benzene rings is 4. The van der Waals surface area contributed by atoms with E-state index in [0.29, 0.717) is 17.5 Å². The average Bonchev–Trinajstić information content (AvgIpc) is 3.01. The van der Waals surface area contributed by atoms with Crippen molar-refractivity contribution < 1.29 is 0 Å². The van der Waals surface area contributed by atoms with Crippen molar-refractivity contribution in [3.05, 3.63) is 126 Å². The van der Waals surface area contributed by atoms with Gasteiger partial charge in [0, 0.05) is 49.9 Å². The third-order valence-electron chi connectivity index (χ3n) is 6.63. The summed E-state index contributed by atoms with van der Waals surface area (Å²) in [7, 11) is 0. The molecule has 3 heterocycles. The number of nitrogens with zero attached hydrogens (tertiary/aromatic N) is 5. The summed E-state index contributed by atoms with van der Waals surface area (Å²) in [4.78, 5) is 24.1. The quantitative estimate of drug-likeness (QED) is 0.200. The van der Waals surface area contributed by atoms with E-state index in [9.17, 15) is 0 Å². The topological polar surface area (TPSA) is 64.5 Å². The highest BCUT2D eigenvalue weighted by atomic mass is 79.9. The number of aromatic nitrogens is 5. The molecule has 0 amide bonds. The minimum atomic E-state index is 0.591. The van der Waals surface area contributed by atoms with Crippen LogP contribution in [0.3, 0.4) is 0 Å². The zero-order valence-electron chi connectivity index (χ0n) is 20.7. The third kappa shape index (κ3) is 4.45. The number of hydrogen-bond acceptors (Lipinski definition) is 5. The van der Waals surface area contributed by atoms with E-state index < -0.39 is 0 Å². The smallest absolute Gasteiger partial charge is 0.164 e. The van der Waals surface area contributed by atoms with E-state index in [-0.39, 0.29) is 0 Å². The van der Waals surface area contributed by atoms with Crippen molar-refractivity contribution in [2.75, 3.05) is 0 Å². The highest BCUT2D eigenvalue weighted by Crippen LogP contribution is 2.35. The largest absolute Gasteiger partial charge is 0.264 e. The fraction of sp³-hybridized carbons (Fsp3) is 0. The lowest BCUT2D eigenvalue weighted by Crippen LogP contribution is -2.00. The van der Waals surface area contributed by atoms with Crippen LogP contribution in [-0.2, 0) is 0 Å². The van der Waals surface area contributed by atoms with Crippen molar-refractivity contribution in [3.63, 3.8) is 0 Å². The molecule has 0 aliphatic heterocycles. The maximum Gasteiger partial charge on any atom is 0.164 e. The average molecular weight is 566 g/mol. The van der Waals surface area contributed by atoms with E-state index in [4.69, 9.17) is 19.9 Å². The summed E-state index contributed by atoms with van der Waals surface area (Å²) in [6, 6.07) is 36.4. The minimum absolute atomic E-state index is 0.591. The van der Waals surface area contributed by atoms with Gasteiger partial charge in [-0.2, -0.15) is 0 Å². The van der Waals surface area contributed by atoms with E-state index in [1.54, 1.807) is 0 Å². The fourth-order valence-electron chi connectivity index (χ4n) is 4.81. The van der Waals surface area contributed by atoms with Gasteiger partial charge in [-0.25, -0.2) is 19.9 Å². The van der Waals surface area contributed by atoms with Crippen LogP contribution in [0.25, 0.3) is 67.1 Å². The monoisotopic (exact) mass is 565 g/mol. The molecule has 0 aliphatic rings. The molecule has 0 saturated carbocycles. The second-order valence-corrected chi connectivity index (χ2v) is 10.1. The lowest BCUT2D eigenvalue weighted by atomic mass is 10.00. The molecule has 0 N–H and O–H groups in total. The molecular weight excluding hydrogens is 546 g/mol. The van der Waals surface area contributed by atoms with Gasteiger partial charge in [0.2, 0.25) is 0 Å². The Bertz CT molecular complexity index is 1920. The molecule has 7 rings (SSSR count). The molecule has 0 fully saturated rings. The Labute approximate surface area is 233 Å². The van der Waals surface area contributed by atoms with Gasteiger partial charge >= 0.3 is 0 Å². The van der Waals surface area contributed by atoms with Crippen LogP contribution in [0.4, 0.5) is 0 Å². The molecule has 3 aromatic heterocycles. The second kappa shape index (κ2) is 9.82. The van der Waals surface area contributed by atoms with Crippen LogP contribution in [0.15, 0.2) is 126 Å². The first-order valence-corrected chi connectivity index (χ1v) is 13.3. The standard InChI is InChI=1S/C33H20BrN5/c34-25-18-23(30-28-20-35-16-15-26(28)27-13-7-8-14-29(27)36-30)17-24(19-25)33-38-31(21-9-3-1-4-10-21)37-32(39-33)22-11-5-2-6-12-22/h1-20H. The Morgan fingerprint density at radius 3 is 1.74 bits per heavy atom. The molecule has 0 atom stereocenters. The first kappa shape index (κ1) is 23.3. The predicted octanol–water partition coefficient (Wildman–Crippen LogP) is 8.40. The van der Waals surface area contributed by atoms with Crippen molar-refractivity contribution in [1.82, 2.24) is 24.9 Å². The summed E-state index contributed by atoms with van der Waals surface area (Å²) >= 11 is 3.73. The second-order valence-electron chi connectivity index (χ2n) is 9.17. The third-order valence-corrected chi connectivity index (χ3v) is 7.09. The Balaban J connectivity index is 1.45. The van der Waals surface area contributed by atoms with Crippen molar-refractivity contribution in [3.8, 4) is 45.4 Å². The van der Waals surface area contributed by atoms with Crippen LogP contribution < -0.4 is 0 Å². The number of pyridine rings is 2. The zero-order chi connectivity index (χ0) is 26.2. The van der Waals surface area contributed by atoms with Gasteiger partial charge < -0.3 is 0 Å². The van der Waals surface area contributed by atoms with Gasteiger partial charge in [0.25, 0.3) is 0 Å². The van der Waals surface area contributed by atoms with Crippen LogP contribution in [-0.4, -0.2) is 24.9 Å². The van der Waals surface area contributed by atoms with Gasteiger partial charge in [-0.15, -0.1) is 0 Å². The summed E-state index contributed by atoms with van der Waals surface area (Å²) in [6.07, 6.45) is 3.71. The van der Waals surface area contributed by atoms with Gasteiger partial charge in [-0.3, -0.25) is 4.98 Å². The summed E-state index contributed by atoms with van der Waals surface area (Å²) in [5.74, 6) is 1.84. The molecule has 4 aromatic carbocycles. The van der Waals surface area contributed by atoms with Crippen molar-refractivity contribution in [2.45, 2.75) is 0 Å². The molecule has 0 spiro atoms. The highest BCUT2D eigenvalue weighted by Gasteiger charge is 2.16. The van der Waals surface area contributed by atoms with Gasteiger partial charge in [0.05, 0.1) is 11.2 Å². The number of fused-ring (bicyclic) bond motifs is 3. The Hall–Kier alpha value is -4.81. The molecule has 0 bridgehead atoms. The highest BCUT2D eigenvalue weighted by molar-refractivity contribution is 9.10. The number of rotatable bonds is 4. The zero-order valence-corrected chi connectivity index (χ0v) is 22.2. The maximum absolute atomic E-state index is 5.07. The fourth-order valence-corrected chi connectivity index (χ4v) is 5.30. The Morgan fingerprint density at radius 1 is 0.462 bits per heavy atom. The molecular formula is C33H20BrN5. The Kier molecular flexibility index (Phi) is 5.87. The van der Waals surface area contributed by atoms with E-state index in [1.165, 1.54) is 0 Å². The lowest BCUT2D eigenvalue weighted by Gasteiger charge is -2.12. The molecule has 6 heteroatoms. The van der Waals surface area contributed by atoms with Gasteiger partial charge in [0.1, 0.15) is 0 Å². The van der Waals surface area contributed by atoms with Gasteiger partial charge in [0.15, 0.2) is 17.5 Å². The van der Waals surface area contributed by atoms with Crippen LogP contribution in [0.2, 0.25) is 0 Å². The first-order valence-electron chi connectivity index (χ1n) is 12.5. The van der Waals surface area contributed by atoms with Gasteiger partial charge in [-0.1, -0.05) is 94.8 Å². The molecule has 0 unspecified atom stereocenters. The van der Waals surface area contributed by atoms with E-state index in [0.717, 1.165) is 54.1 Å². The predicted molar refractivity (Wildman–Crippen MR) is 160 cm³/mol. The molecule has 0 radical (unpaired) electrons. The Morgan fingerprint density at radius 2 is 1.05 bits per heavy atom. The van der Waals surface area contributed by atoms with Crippen LogP contribution in [0, 0.1) is 0 Å². The van der Waals surface area contributed by atoms with Crippen molar-refractivity contribution in [2.24, 2.45) is 0 Å². The lowest BCUT2D eigenvalue weighted by molar-refractivity contribution is 1.07. The molecule has 7 aromatic rings. The summed E-state index contributed by atoms with van der Waals surface area (Å²) < 4.78 is 0.907. The van der Waals surface area contributed by atoms with Crippen LogP contribution in [0.1, 0.15) is 0 Å². The number of para-hydroxylation sites is 1. The van der Waals surface area contributed by atoms with E-state index in [1.807, 2.05) is 103 Å². The van der Waals surface area contributed by atoms with Crippen LogP contribution >= 0.6 is 15.9 Å². The van der Waals surface area contributed by atoms with Crippen molar-refractivity contribution in [1.29, 1.82) is 0 Å². The number of halogens is 1. The van der Waals surface area contributed by atoms with E-state index >= 15 is 0 Å². The van der Waals surface area contributed by atoms with Gasteiger partial charge in [-0.05, 0) is 35.7 Å². The summed E-state index contributed by atoms with van der Waals surface area (Å²) in [5, 5.41) is 3.21.